The monoisotopic (exact) mass is 322 g/mol. The molecule has 22 heavy (non-hydrogen) atoms. The number of thiophene rings is 1. The summed E-state index contributed by atoms with van der Waals surface area (Å²) in [6.07, 6.45) is 3.67. The van der Waals surface area contributed by atoms with E-state index in [1.54, 1.807) is 22.3 Å². The molecule has 0 spiro atoms. The standard InChI is InChI=1S/C14H18N4O3S/c1-17(7-10-6-15-18(2)8-10)9-12(19)16-11-4-5-22-13(11)14(20)21-3/h4-6,8H,7,9H2,1-3H3,(H,16,19). The molecular formula is C14H18N4O3S. The topological polar surface area (TPSA) is 76.5 Å². The largest absolute Gasteiger partial charge is 0.465 e. The van der Waals surface area contributed by atoms with Gasteiger partial charge in [-0.25, -0.2) is 4.79 Å². The van der Waals surface area contributed by atoms with Crippen LogP contribution in [-0.4, -0.2) is 47.3 Å². The van der Waals surface area contributed by atoms with E-state index in [0.29, 0.717) is 17.1 Å². The molecule has 0 unspecified atom stereocenters. The Morgan fingerprint density at radius 1 is 1.50 bits per heavy atom. The zero-order chi connectivity index (χ0) is 16.1. The van der Waals surface area contributed by atoms with Gasteiger partial charge in [0.1, 0.15) is 4.88 Å². The minimum atomic E-state index is -0.450. The molecule has 0 saturated carbocycles. The molecule has 0 radical (unpaired) electrons. The van der Waals surface area contributed by atoms with Crippen molar-refractivity contribution >= 4 is 28.9 Å². The fourth-order valence-corrected chi connectivity index (χ4v) is 2.78. The lowest BCUT2D eigenvalue weighted by molar-refractivity contribution is -0.117. The minimum Gasteiger partial charge on any atom is -0.465 e. The fourth-order valence-electron chi connectivity index (χ4n) is 2.01. The number of amides is 1. The van der Waals surface area contributed by atoms with Gasteiger partial charge in [-0.15, -0.1) is 11.3 Å². The van der Waals surface area contributed by atoms with Crippen molar-refractivity contribution in [1.82, 2.24) is 14.7 Å². The number of ether oxygens (including phenoxy) is 1. The Morgan fingerprint density at radius 2 is 2.27 bits per heavy atom. The molecule has 2 aromatic rings. The van der Waals surface area contributed by atoms with Gasteiger partial charge in [-0.05, 0) is 18.5 Å². The van der Waals surface area contributed by atoms with Crippen LogP contribution in [-0.2, 0) is 23.1 Å². The number of hydrogen-bond donors (Lipinski definition) is 1. The summed E-state index contributed by atoms with van der Waals surface area (Å²) in [4.78, 5) is 25.9. The number of aromatic nitrogens is 2. The average molecular weight is 322 g/mol. The number of likely N-dealkylation sites (N-methyl/N-ethyl adjacent to an activating group) is 1. The molecule has 0 aromatic carbocycles. The third-order valence-electron chi connectivity index (χ3n) is 2.93. The number of nitrogens with zero attached hydrogens (tertiary/aromatic N) is 3. The van der Waals surface area contributed by atoms with E-state index in [4.69, 9.17) is 0 Å². The Morgan fingerprint density at radius 3 is 2.91 bits per heavy atom. The number of esters is 1. The van der Waals surface area contributed by atoms with Crippen molar-refractivity contribution in [2.75, 3.05) is 26.0 Å². The lowest BCUT2D eigenvalue weighted by Gasteiger charge is -2.15. The molecule has 0 aliphatic carbocycles. The molecule has 8 heteroatoms. The highest BCUT2D eigenvalue weighted by molar-refractivity contribution is 7.12. The molecular weight excluding hydrogens is 304 g/mol. The Balaban J connectivity index is 1.90. The summed E-state index contributed by atoms with van der Waals surface area (Å²) in [6.45, 7) is 0.833. The highest BCUT2D eigenvalue weighted by Gasteiger charge is 2.16. The van der Waals surface area contributed by atoms with Crippen molar-refractivity contribution in [3.8, 4) is 0 Å². The van der Waals surface area contributed by atoms with Crippen LogP contribution in [0.25, 0.3) is 0 Å². The number of carbonyl (C=O) groups is 2. The zero-order valence-corrected chi connectivity index (χ0v) is 13.5. The van der Waals surface area contributed by atoms with E-state index in [1.165, 1.54) is 18.4 Å². The lowest BCUT2D eigenvalue weighted by atomic mass is 10.3. The van der Waals surface area contributed by atoms with Crippen LogP contribution >= 0.6 is 11.3 Å². The number of hydrogen-bond acceptors (Lipinski definition) is 6. The molecule has 1 amide bonds. The molecule has 2 rings (SSSR count). The highest BCUT2D eigenvalue weighted by atomic mass is 32.1. The first-order valence-electron chi connectivity index (χ1n) is 6.61. The molecule has 0 fully saturated rings. The summed E-state index contributed by atoms with van der Waals surface area (Å²) >= 11 is 1.23. The van der Waals surface area contributed by atoms with Crippen molar-refractivity contribution in [3.63, 3.8) is 0 Å². The van der Waals surface area contributed by atoms with E-state index in [2.05, 4.69) is 15.2 Å². The molecule has 0 saturated heterocycles. The number of aryl methyl sites for hydroxylation is 1. The van der Waals surface area contributed by atoms with Crippen molar-refractivity contribution in [2.24, 2.45) is 7.05 Å². The number of rotatable bonds is 6. The van der Waals surface area contributed by atoms with Crippen LogP contribution in [0.5, 0.6) is 0 Å². The molecule has 2 heterocycles. The van der Waals surface area contributed by atoms with Crippen LogP contribution in [0.1, 0.15) is 15.2 Å². The maximum absolute atomic E-state index is 12.1. The first-order valence-corrected chi connectivity index (χ1v) is 7.49. The normalized spacial score (nSPS) is 10.7. The predicted molar refractivity (Wildman–Crippen MR) is 83.8 cm³/mol. The maximum atomic E-state index is 12.1. The number of anilines is 1. The molecule has 7 nitrogen and oxygen atoms in total. The summed E-state index contributed by atoms with van der Waals surface area (Å²) in [6, 6.07) is 1.69. The van der Waals surface area contributed by atoms with E-state index >= 15 is 0 Å². The first kappa shape index (κ1) is 16.2. The fraction of sp³-hybridized carbons (Fsp3) is 0.357. The SMILES string of the molecule is COC(=O)c1sccc1NC(=O)CN(C)Cc1cnn(C)c1. The maximum Gasteiger partial charge on any atom is 0.350 e. The molecule has 0 atom stereocenters. The van der Waals surface area contributed by atoms with Crippen molar-refractivity contribution in [3.05, 3.63) is 34.3 Å². The van der Waals surface area contributed by atoms with Gasteiger partial charge in [-0.1, -0.05) is 0 Å². The summed E-state index contributed by atoms with van der Waals surface area (Å²) in [5.41, 5.74) is 1.51. The van der Waals surface area contributed by atoms with Crippen LogP contribution in [0.15, 0.2) is 23.8 Å². The van der Waals surface area contributed by atoms with Gasteiger partial charge in [0.05, 0.1) is 25.5 Å². The van der Waals surface area contributed by atoms with E-state index in [9.17, 15) is 9.59 Å². The van der Waals surface area contributed by atoms with Crippen molar-refractivity contribution < 1.29 is 14.3 Å². The van der Waals surface area contributed by atoms with Gasteiger partial charge < -0.3 is 10.1 Å². The first-order chi connectivity index (χ1) is 10.5. The number of nitrogens with one attached hydrogen (secondary N) is 1. The van der Waals surface area contributed by atoms with E-state index in [1.807, 2.05) is 25.2 Å². The summed E-state index contributed by atoms with van der Waals surface area (Å²) in [5.74, 6) is -0.635. The second-order valence-corrected chi connectivity index (χ2v) is 5.81. The van der Waals surface area contributed by atoms with Gasteiger partial charge in [0.2, 0.25) is 5.91 Å². The third kappa shape index (κ3) is 4.15. The second kappa shape index (κ2) is 7.19. The van der Waals surface area contributed by atoms with Gasteiger partial charge >= 0.3 is 5.97 Å². The number of methoxy groups -OCH3 is 1. The van der Waals surface area contributed by atoms with E-state index < -0.39 is 5.97 Å². The second-order valence-electron chi connectivity index (χ2n) is 4.90. The highest BCUT2D eigenvalue weighted by Crippen LogP contribution is 2.23. The molecule has 2 aromatic heterocycles. The minimum absolute atomic E-state index is 0.185. The summed E-state index contributed by atoms with van der Waals surface area (Å²) < 4.78 is 6.40. The Kier molecular flexibility index (Phi) is 5.29. The molecule has 0 bridgehead atoms. The molecule has 1 N–H and O–H groups in total. The van der Waals surface area contributed by atoms with Crippen LogP contribution in [0, 0.1) is 0 Å². The Labute approximate surface area is 132 Å². The molecule has 0 aliphatic rings. The van der Waals surface area contributed by atoms with Crippen molar-refractivity contribution in [1.29, 1.82) is 0 Å². The van der Waals surface area contributed by atoms with Gasteiger partial charge in [0, 0.05) is 25.4 Å². The van der Waals surface area contributed by atoms with Crippen LogP contribution in [0.2, 0.25) is 0 Å². The van der Waals surface area contributed by atoms with Gasteiger partial charge in [-0.2, -0.15) is 5.10 Å². The van der Waals surface area contributed by atoms with Crippen LogP contribution < -0.4 is 5.32 Å². The number of carbonyl (C=O) groups excluding carboxylic acids is 2. The Bertz CT molecular complexity index is 665. The molecule has 0 aliphatic heterocycles. The van der Waals surface area contributed by atoms with E-state index in [-0.39, 0.29) is 12.5 Å². The quantitative estimate of drug-likeness (QED) is 0.812. The van der Waals surface area contributed by atoms with Gasteiger partial charge in [0.25, 0.3) is 0 Å². The third-order valence-corrected chi connectivity index (χ3v) is 3.83. The summed E-state index contributed by atoms with van der Waals surface area (Å²) in [7, 11) is 5.01. The smallest absolute Gasteiger partial charge is 0.350 e. The lowest BCUT2D eigenvalue weighted by Crippen LogP contribution is -2.30. The summed E-state index contributed by atoms with van der Waals surface area (Å²) in [5, 5.41) is 8.56. The van der Waals surface area contributed by atoms with Gasteiger partial charge in [-0.3, -0.25) is 14.4 Å². The Hall–Kier alpha value is -2.19. The van der Waals surface area contributed by atoms with E-state index in [0.717, 1.165) is 5.56 Å². The van der Waals surface area contributed by atoms with Gasteiger partial charge in [0.15, 0.2) is 0 Å². The predicted octanol–water partition coefficient (Wildman–Crippen LogP) is 1.34. The van der Waals surface area contributed by atoms with Crippen molar-refractivity contribution in [2.45, 2.75) is 6.54 Å². The van der Waals surface area contributed by atoms with Crippen LogP contribution in [0.4, 0.5) is 5.69 Å². The average Bonchev–Trinajstić information content (AvgIpc) is 3.07. The van der Waals surface area contributed by atoms with Crippen LogP contribution in [0.3, 0.4) is 0 Å². The molecule has 118 valence electrons. The zero-order valence-electron chi connectivity index (χ0n) is 12.7.